The largest absolute Gasteiger partial charge is 0.459 e. The fourth-order valence-electron chi connectivity index (χ4n) is 4.05. The Morgan fingerprint density at radius 2 is 1.87 bits per heavy atom. The van der Waals surface area contributed by atoms with Crippen LogP contribution in [0, 0.1) is 17.1 Å². The lowest BCUT2D eigenvalue weighted by atomic mass is 10.1. The lowest BCUT2D eigenvalue weighted by Crippen LogP contribution is -2.12. The van der Waals surface area contributed by atoms with Crippen LogP contribution in [0.5, 0.6) is 5.88 Å². The van der Waals surface area contributed by atoms with Crippen LogP contribution in [0.2, 0.25) is 0 Å². The van der Waals surface area contributed by atoms with Crippen molar-refractivity contribution in [2.24, 2.45) is 0 Å². The molecule has 0 amide bonds. The summed E-state index contributed by atoms with van der Waals surface area (Å²) in [5.41, 5.74) is 2.94. The summed E-state index contributed by atoms with van der Waals surface area (Å²) in [6.45, 7) is 2.50. The summed E-state index contributed by atoms with van der Waals surface area (Å²) >= 11 is 0. The smallest absolute Gasteiger partial charge is 0.360 e. The summed E-state index contributed by atoms with van der Waals surface area (Å²) in [7, 11) is 0.806. The highest BCUT2D eigenvalue weighted by atomic mass is 31.2. The van der Waals surface area contributed by atoms with Gasteiger partial charge in [-0.1, -0.05) is 18.2 Å². The first kappa shape index (κ1) is 27.4. The number of nitrogens with zero attached hydrogens (tertiary/aromatic N) is 4. The van der Waals surface area contributed by atoms with Crippen LogP contribution in [0.15, 0.2) is 54.6 Å². The number of methoxy groups -OCH3 is 1. The number of aromatic nitrogens is 3. The average Bonchev–Trinajstić information content (AvgIpc) is 3.28. The molecule has 0 fully saturated rings. The third-order valence-electron chi connectivity index (χ3n) is 6.03. The molecule has 2 aromatic carbocycles. The van der Waals surface area contributed by atoms with Gasteiger partial charge < -0.3 is 23.1 Å². The van der Waals surface area contributed by atoms with E-state index in [-0.39, 0.29) is 6.42 Å². The summed E-state index contributed by atoms with van der Waals surface area (Å²) in [4.78, 5) is 9.11. The van der Waals surface area contributed by atoms with Crippen LogP contribution >= 0.6 is 7.60 Å². The Hall–Kier alpha value is -3.61. The molecule has 4 rings (SSSR count). The second-order valence-corrected chi connectivity index (χ2v) is 10.7. The minimum absolute atomic E-state index is 0.225. The molecular weight excluding hydrogens is 510 g/mol. The van der Waals surface area contributed by atoms with Crippen LogP contribution in [0.1, 0.15) is 18.3 Å². The summed E-state index contributed by atoms with van der Waals surface area (Å²) in [5, 5.41) is 9.37. The highest BCUT2D eigenvalue weighted by Gasteiger charge is 2.26. The predicted octanol–water partition coefficient (Wildman–Crippen LogP) is 4.88. The fraction of sp³-hybridized carbons (Fsp3) is 0.296. The van der Waals surface area contributed by atoms with Gasteiger partial charge in [-0.05, 0) is 42.8 Å². The van der Waals surface area contributed by atoms with Crippen molar-refractivity contribution >= 4 is 23.9 Å². The third kappa shape index (κ3) is 5.77. The van der Waals surface area contributed by atoms with Crippen molar-refractivity contribution < 1.29 is 27.5 Å². The first-order valence-corrected chi connectivity index (χ1v) is 13.4. The van der Waals surface area contributed by atoms with Gasteiger partial charge in [-0.25, -0.2) is 14.4 Å². The van der Waals surface area contributed by atoms with E-state index in [1.54, 1.807) is 62.6 Å². The molecule has 38 heavy (non-hydrogen) atoms. The Bertz CT molecular complexity index is 1530. The van der Waals surface area contributed by atoms with E-state index in [2.05, 4.69) is 4.98 Å². The van der Waals surface area contributed by atoms with Crippen LogP contribution in [0.3, 0.4) is 0 Å². The Balaban J connectivity index is 1.67. The third-order valence-corrected chi connectivity index (χ3v) is 7.90. The van der Waals surface area contributed by atoms with Gasteiger partial charge in [0.15, 0.2) is 6.10 Å². The van der Waals surface area contributed by atoms with E-state index in [0.717, 1.165) is 0 Å². The second-order valence-electron chi connectivity index (χ2n) is 8.44. The van der Waals surface area contributed by atoms with E-state index in [9.17, 15) is 4.57 Å². The van der Waals surface area contributed by atoms with Crippen molar-refractivity contribution in [2.45, 2.75) is 26.0 Å². The van der Waals surface area contributed by atoms with Gasteiger partial charge in [0.2, 0.25) is 5.88 Å². The number of hydrogen-bond acceptors (Lipinski definition) is 8. The van der Waals surface area contributed by atoms with Crippen LogP contribution < -0.4 is 10.0 Å². The zero-order chi connectivity index (χ0) is 27.3. The number of nitriles is 1. The highest BCUT2D eigenvalue weighted by molar-refractivity contribution is 7.62. The number of hydrogen-bond donors (Lipinski definition) is 0. The normalized spacial score (nSPS) is 12.4. The molecule has 2 aromatic heterocycles. The first-order valence-electron chi connectivity index (χ1n) is 11.8. The molecule has 0 saturated heterocycles. The molecule has 198 valence electrons. The maximum absolute atomic E-state index is 15.3. The van der Waals surface area contributed by atoms with E-state index in [1.165, 1.54) is 20.3 Å². The van der Waals surface area contributed by atoms with Gasteiger partial charge in [0.05, 0.1) is 28.6 Å². The standard InChI is InChI=1S/C27H28FN4O5P/c1-18(17-29)37-27-7-5-6-23(31-27)20-9-8-19(22(28)14-20)15-26-30-24-11-10-21(38(33,35-3)36-4)16-25(24)32(26)12-13-34-2/h5-11,14,16,18H,12-13,15H2,1-4H3. The van der Waals surface area contributed by atoms with Crippen molar-refractivity contribution in [3.63, 3.8) is 0 Å². The monoisotopic (exact) mass is 538 g/mol. The van der Waals surface area contributed by atoms with Gasteiger partial charge in [-0.2, -0.15) is 5.26 Å². The van der Waals surface area contributed by atoms with Crippen LogP contribution in [0.25, 0.3) is 22.3 Å². The van der Waals surface area contributed by atoms with Crippen molar-refractivity contribution in [3.8, 4) is 23.2 Å². The van der Waals surface area contributed by atoms with Gasteiger partial charge in [-0.15, -0.1) is 0 Å². The predicted molar refractivity (Wildman–Crippen MR) is 141 cm³/mol. The SMILES string of the molecule is COCCn1c(Cc2ccc(-c3cccc(OC(C)C#N)n3)cc2F)nc2ccc(P(=O)(OC)OC)cc21. The molecule has 11 heteroatoms. The fourth-order valence-corrected chi connectivity index (χ4v) is 5.16. The Morgan fingerprint density at radius 1 is 1.08 bits per heavy atom. The van der Waals surface area contributed by atoms with Gasteiger partial charge in [0.1, 0.15) is 17.7 Å². The second kappa shape index (κ2) is 11.8. The summed E-state index contributed by atoms with van der Waals surface area (Å²) in [6.07, 6.45) is -0.427. The average molecular weight is 539 g/mol. The van der Waals surface area contributed by atoms with Crippen molar-refractivity contribution in [1.29, 1.82) is 5.26 Å². The van der Waals surface area contributed by atoms with E-state index >= 15 is 4.39 Å². The number of benzene rings is 2. The van der Waals surface area contributed by atoms with E-state index in [1.807, 2.05) is 10.6 Å². The summed E-state index contributed by atoms with van der Waals surface area (Å²) in [5.74, 6) is 0.513. The molecule has 0 aliphatic rings. The molecular formula is C27H28FN4O5P. The Labute approximate surface area is 220 Å². The van der Waals surface area contributed by atoms with E-state index < -0.39 is 19.5 Å². The molecule has 9 nitrogen and oxygen atoms in total. The number of fused-ring (bicyclic) bond motifs is 1. The Morgan fingerprint density at radius 3 is 2.55 bits per heavy atom. The number of pyridine rings is 1. The number of imidazole rings is 1. The highest BCUT2D eigenvalue weighted by Crippen LogP contribution is 2.45. The molecule has 0 spiro atoms. The molecule has 1 unspecified atom stereocenters. The molecule has 0 aliphatic heterocycles. The van der Waals surface area contributed by atoms with Gasteiger partial charge >= 0.3 is 7.60 Å². The topological polar surface area (TPSA) is 108 Å². The maximum Gasteiger partial charge on any atom is 0.360 e. The van der Waals surface area contributed by atoms with E-state index in [4.69, 9.17) is 28.8 Å². The summed E-state index contributed by atoms with van der Waals surface area (Å²) < 4.78 is 51.2. The molecule has 4 aromatic rings. The Kier molecular flexibility index (Phi) is 8.55. The van der Waals surface area contributed by atoms with Gasteiger partial charge in [0, 0.05) is 45.9 Å². The van der Waals surface area contributed by atoms with Gasteiger partial charge in [-0.3, -0.25) is 4.57 Å². The van der Waals surface area contributed by atoms with Crippen LogP contribution in [-0.2, 0) is 31.3 Å². The zero-order valence-corrected chi connectivity index (χ0v) is 22.4. The molecule has 0 radical (unpaired) electrons. The minimum Gasteiger partial charge on any atom is -0.459 e. The lowest BCUT2D eigenvalue weighted by Gasteiger charge is -2.14. The van der Waals surface area contributed by atoms with Crippen molar-refractivity contribution in [3.05, 3.63) is 71.8 Å². The molecule has 2 heterocycles. The molecule has 0 aliphatic carbocycles. The molecule has 0 saturated carbocycles. The van der Waals surface area contributed by atoms with Gasteiger partial charge in [0.25, 0.3) is 0 Å². The van der Waals surface area contributed by atoms with Crippen LogP contribution in [-0.4, -0.2) is 48.6 Å². The number of ether oxygens (including phenoxy) is 2. The lowest BCUT2D eigenvalue weighted by molar-refractivity contribution is 0.187. The minimum atomic E-state index is -3.46. The maximum atomic E-state index is 15.3. The first-order chi connectivity index (χ1) is 18.3. The van der Waals surface area contributed by atoms with Crippen molar-refractivity contribution in [2.75, 3.05) is 27.9 Å². The molecule has 0 bridgehead atoms. The van der Waals surface area contributed by atoms with E-state index in [0.29, 0.717) is 58.0 Å². The summed E-state index contributed by atoms with van der Waals surface area (Å²) in [6, 6.07) is 17.2. The van der Waals surface area contributed by atoms with Crippen molar-refractivity contribution in [1.82, 2.24) is 14.5 Å². The zero-order valence-electron chi connectivity index (χ0n) is 21.6. The molecule has 0 N–H and O–H groups in total. The number of halogens is 1. The molecule has 1 atom stereocenters. The van der Waals surface area contributed by atoms with Crippen LogP contribution in [0.4, 0.5) is 4.39 Å². The quantitative estimate of drug-likeness (QED) is 0.249. The number of rotatable bonds is 11.